The molecule has 1 atom stereocenters. The van der Waals surface area contributed by atoms with Gasteiger partial charge < -0.3 is 10.1 Å². The fourth-order valence-corrected chi connectivity index (χ4v) is 3.18. The first-order valence-corrected chi connectivity index (χ1v) is 8.44. The van der Waals surface area contributed by atoms with Crippen molar-refractivity contribution in [3.8, 4) is 0 Å². The van der Waals surface area contributed by atoms with Gasteiger partial charge in [0.15, 0.2) is 5.13 Å². The highest BCUT2D eigenvalue weighted by Gasteiger charge is 2.35. The number of likely N-dealkylation sites (tertiary alicyclic amines) is 1. The Morgan fingerprint density at radius 1 is 1.38 bits per heavy atom. The molecule has 1 aliphatic heterocycles. The number of benzene rings is 1. The van der Waals surface area contributed by atoms with Gasteiger partial charge in [-0.15, -0.1) is 11.3 Å². The van der Waals surface area contributed by atoms with E-state index in [0.29, 0.717) is 22.9 Å². The maximum atomic E-state index is 12.4. The van der Waals surface area contributed by atoms with Gasteiger partial charge in [0.2, 0.25) is 5.91 Å². The van der Waals surface area contributed by atoms with Crippen LogP contribution >= 0.6 is 11.3 Å². The normalized spacial score (nSPS) is 16.8. The molecule has 6 nitrogen and oxygen atoms in total. The Morgan fingerprint density at radius 3 is 2.88 bits per heavy atom. The highest BCUT2D eigenvalue weighted by atomic mass is 32.1. The van der Waals surface area contributed by atoms with E-state index in [1.165, 1.54) is 22.4 Å². The molecule has 1 fully saturated rings. The molecule has 2 amide bonds. The van der Waals surface area contributed by atoms with Gasteiger partial charge in [-0.1, -0.05) is 30.3 Å². The Kier molecular flexibility index (Phi) is 5.15. The second kappa shape index (κ2) is 7.48. The Bertz CT molecular complexity index is 722. The van der Waals surface area contributed by atoms with E-state index in [1.807, 2.05) is 30.3 Å². The lowest BCUT2D eigenvalue weighted by Gasteiger charge is -2.22. The predicted molar refractivity (Wildman–Crippen MR) is 92.5 cm³/mol. The van der Waals surface area contributed by atoms with E-state index in [1.54, 1.807) is 0 Å². The van der Waals surface area contributed by atoms with Crippen LogP contribution in [0.1, 0.15) is 18.4 Å². The first kappa shape index (κ1) is 16.5. The van der Waals surface area contributed by atoms with Crippen LogP contribution < -0.4 is 10.1 Å². The van der Waals surface area contributed by atoms with Crippen LogP contribution in [0.5, 0.6) is 0 Å². The highest BCUT2D eigenvalue weighted by molar-refractivity contribution is 7.23. The summed E-state index contributed by atoms with van der Waals surface area (Å²) in [5.41, 5.74) is 0.907. The molecule has 1 saturated heterocycles. The fraction of sp³-hybridized carbons (Fsp3) is 0.312. The lowest BCUT2D eigenvalue weighted by atomic mass is 10.1. The molecule has 3 rings (SSSR count). The number of ether oxygens (including phenoxy) is 1. The second-order valence-corrected chi connectivity index (χ2v) is 6.51. The van der Waals surface area contributed by atoms with Crippen LogP contribution in [0.15, 0.2) is 36.5 Å². The molecule has 24 heavy (non-hydrogen) atoms. The van der Waals surface area contributed by atoms with Crippen molar-refractivity contribution in [2.45, 2.75) is 25.5 Å². The van der Waals surface area contributed by atoms with Crippen molar-refractivity contribution in [3.05, 3.63) is 42.1 Å². The molecule has 1 N–H and O–H groups in total. The molecule has 0 unspecified atom stereocenters. The summed E-state index contributed by atoms with van der Waals surface area (Å²) >= 11 is 1.19. The summed E-state index contributed by atoms with van der Waals surface area (Å²) < 4.78 is 5.84. The first-order valence-electron chi connectivity index (χ1n) is 7.63. The van der Waals surface area contributed by atoms with Gasteiger partial charge in [0.05, 0.1) is 0 Å². The monoisotopic (exact) mass is 341 g/mol. The summed E-state index contributed by atoms with van der Waals surface area (Å²) in [4.78, 5) is 30.1. The summed E-state index contributed by atoms with van der Waals surface area (Å²) in [6, 6.07) is 8.89. The maximum absolute atomic E-state index is 12.4. The molecule has 1 aliphatic rings. The van der Waals surface area contributed by atoms with Crippen LogP contribution in [0.4, 0.5) is 9.93 Å². The molecular weight excluding hydrogens is 325 g/mol. The van der Waals surface area contributed by atoms with Gasteiger partial charge in [-0.05, 0) is 23.2 Å². The second-order valence-electron chi connectivity index (χ2n) is 5.45. The number of anilines is 1. The van der Waals surface area contributed by atoms with Crippen molar-refractivity contribution in [2.75, 3.05) is 11.9 Å². The Morgan fingerprint density at radius 2 is 2.17 bits per heavy atom. The lowest BCUT2D eigenvalue weighted by Crippen LogP contribution is -2.43. The molecule has 0 bridgehead atoms. The van der Waals surface area contributed by atoms with Crippen LogP contribution in [-0.4, -0.2) is 42.3 Å². The Balaban J connectivity index is 1.57. The first-order chi connectivity index (χ1) is 11.6. The van der Waals surface area contributed by atoms with Gasteiger partial charge in [0, 0.05) is 12.7 Å². The summed E-state index contributed by atoms with van der Waals surface area (Å²) in [5, 5.41) is 3.13. The zero-order valence-electron chi connectivity index (χ0n) is 13.0. The van der Waals surface area contributed by atoms with Gasteiger partial charge in [0.25, 0.3) is 0 Å². The number of nitrogens with zero attached hydrogens (tertiary/aromatic N) is 2. The van der Waals surface area contributed by atoms with Crippen LogP contribution in [0, 0.1) is 0 Å². The minimum atomic E-state index is -0.543. The molecule has 1 aromatic carbocycles. The van der Waals surface area contributed by atoms with E-state index < -0.39 is 12.1 Å². The SMILES string of the molecule is [B]c1cnc(NC(=O)[C@@H]2CCCN2C(=O)OCc2ccccc2)s1. The standard InChI is InChI=1S/C16H16BN3O3S/c17-13-9-18-15(24-13)19-14(21)12-7-4-8-20(12)16(22)23-10-11-5-2-1-3-6-11/h1-3,5-6,9,12H,4,7-8,10H2,(H,18,19,21)/t12-/m0/s1. The van der Waals surface area contributed by atoms with Crippen LogP contribution in [0.2, 0.25) is 0 Å². The van der Waals surface area contributed by atoms with Crippen molar-refractivity contribution in [2.24, 2.45) is 0 Å². The van der Waals surface area contributed by atoms with Gasteiger partial charge >= 0.3 is 6.09 Å². The summed E-state index contributed by atoms with van der Waals surface area (Å²) in [6.45, 7) is 0.694. The number of thiazole rings is 1. The largest absolute Gasteiger partial charge is 0.445 e. The van der Waals surface area contributed by atoms with Crippen molar-refractivity contribution >= 4 is 41.1 Å². The van der Waals surface area contributed by atoms with Gasteiger partial charge in [-0.25, -0.2) is 9.78 Å². The number of hydrogen-bond donors (Lipinski definition) is 1. The quantitative estimate of drug-likeness (QED) is 0.859. The summed E-state index contributed by atoms with van der Waals surface area (Å²) in [6.07, 6.45) is 2.38. The average molecular weight is 341 g/mol. The zero-order valence-corrected chi connectivity index (χ0v) is 13.8. The Hall–Kier alpha value is -2.35. The molecule has 2 heterocycles. The van der Waals surface area contributed by atoms with Gasteiger partial charge in [-0.2, -0.15) is 0 Å². The smallest absolute Gasteiger partial charge is 0.410 e. The van der Waals surface area contributed by atoms with Crippen LogP contribution in [0.25, 0.3) is 0 Å². The minimum Gasteiger partial charge on any atom is -0.445 e. The summed E-state index contributed by atoms with van der Waals surface area (Å²) in [5.74, 6) is -0.265. The van der Waals surface area contributed by atoms with E-state index in [2.05, 4.69) is 10.3 Å². The van der Waals surface area contributed by atoms with E-state index in [0.717, 1.165) is 12.0 Å². The molecule has 2 aromatic rings. The van der Waals surface area contributed by atoms with Gasteiger partial charge in [-0.3, -0.25) is 9.69 Å². The zero-order chi connectivity index (χ0) is 16.9. The van der Waals surface area contributed by atoms with Crippen molar-refractivity contribution in [1.82, 2.24) is 9.88 Å². The molecule has 2 radical (unpaired) electrons. The lowest BCUT2D eigenvalue weighted by molar-refractivity contribution is -0.120. The van der Waals surface area contributed by atoms with Gasteiger partial charge in [0.1, 0.15) is 20.5 Å². The summed E-state index contributed by atoms with van der Waals surface area (Å²) in [7, 11) is 5.60. The number of carbonyl (C=O) groups is 2. The third-order valence-electron chi connectivity index (χ3n) is 3.75. The van der Waals surface area contributed by atoms with E-state index in [4.69, 9.17) is 12.6 Å². The molecule has 8 heteroatoms. The maximum Gasteiger partial charge on any atom is 0.410 e. The van der Waals surface area contributed by atoms with Crippen LogP contribution in [-0.2, 0) is 16.1 Å². The highest BCUT2D eigenvalue weighted by Crippen LogP contribution is 2.21. The van der Waals surface area contributed by atoms with E-state index in [-0.39, 0.29) is 12.5 Å². The fourth-order valence-electron chi connectivity index (χ4n) is 2.59. The number of rotatable bonds is 4. The molecule has 122 valence electrons. The Labute approximate surface area is 145 Å². The minimum absolute atomic E-state index is 0.188. The molecular formula is C16H16BN3O3S. The predicted octanol–water partition coefficient (Wildman–Crippen LogP) is 1.68. The van der Waals surface area contributed by atoms with Crippen molar-refractivity contribution in [1.29, 1.82) is 0 Å². The third-order valence-corrected chi connectivity index (χ3v) is 4.49. The molecule has 0 saturated carbocycles. The molecule has 0 aliphatic carbocycles. The number of hydrogen-bond acceptors (Lipinski definition) is 5. The number of aromatic nitrogens is 1. The van der Waals surface area contributed by atoms with Crippen LogP contribution in [0.3, 0.4) is 0 Å². The van der Waals surface area contributed by atoms with E-state index in [9.17, 15) is 9.59 Å². The topological polar surface area (TPSA) is 71.5 Å². The van der Waals surface area contributed by atoms with E-state index >= 15 is 0 Å². The number of carbonyl (C=O) groups excluding carboxylic acids is 2. The van der Waals surface area contributed by atoms with Crippen molar-refractivity contribution < 1.29 is 14.3 Å². The number of nitrogens with one attached hydrogen (secondary N) is 1. The average Bonchev–Trinajstić information content (AvgIpc) is 3.22. The number of amides is 2. The van der Waals surface area contributed by atoms with Crippen molar-refractivity contribution in [3.63, 3.8) is 0 Å². The molecule has 0 spiro atoms. The molecule has 1 aromatic heterocycles. The third kappa shape index (κ3) is 3.94.